The molecule has 10 heteroatoms. The molecule has 0 bridgehead atoms. The first-order valence-electron chi connectivity index (χ1n) is 9.21. The molecule has 0 unspecified atom stereocenters. The Morgan fingerprint density at radius 2 is 1.87 bits per heavy atom. The van der Waals surface area contributed by atoms with E-state index in [9.17, 15) is 9.59 Å². The molecule has 0 spiro atoms. The van der Waals surface area contributed by atoms with Crippen LogP contribution >= 0.6 is 35.0 Å². The van der Waals surface area contributed by atoms with Crippen molar-refractivity contribution in [2.24, 2.45) is 0 Å². The SMILES string of the molecule is C=CCn1c(CNC(=O)c2cccc(Cl)c2)nnc1SCC(=O)Nc1ccc(Cl)cc1. The van der Waals surface area contributed by atoms with Crippen molar-refractivity contribution in [1.82, 2.24) is 20.1 Å². The topological polar surface area (TPSA) is 88.9 Å². The molecule has 0 aliphatic rings. The molecule has 0 fully saturated rings. The van der Waals surface area contributed by atoms with E-state index in [0.717, 1.165) is 0 Å². The Morgan fingerprint density at radius 1 is 1.10 bits per heavy atom. The summed E-state index contributed by atoms with van der Waals surface area (Å²) in [6.07, 6.45) is 1.70. The van der Waals surface area contributed by atoms with Crippen LogP contribution in [0.3, 0.4) is 0 Å². The first-order valence-corrected chi connectivity index (χ1v) is 11.0. The molecule has 3 aromatic rings. The maximum atomic E-state index is 12.3. The zero-order valence-corrected chi connectivity index (χ0v) is 18.7. The molecule has 1 aromatic heterocycles. The van der Waals surface area contributed by atoms with Gasteiger partial charge in [-0.2, -0.15) is 0 Å². The van der Waals surface area contributed by atoms with Gasteiger partial charge in [-0.25, -0.2) is 0 Å². The summed E-state index contributed by atoms with van der Waals surface area (Å²) in [6.45, 7) is 4.36. The number of halogens is 2. The first-order chi connectivity index (χ1) is 15.0. The van der Waals surface area contributed by atoms with Gasteiger partial charge in [0, 0.05) is 27.8 Å². The van der Waals surface area contributed by atoms with Gasteiger partial charge in [-0.3, -0.25) is 9.59 Å². The van der Waals surface area contributed by atoms with Gasteiger partial charge in [0.2, 0.25) is 5.91 Å². The largest absolute Gasteiger partial charge is 0.345 e. The number of nitrogens with zero attached hydrogens (tertiary/aromatic N) is 3. The average molecular weight is 476 g/mol. The summed E-state index contributed by atoms with van der Waals surface area (Å²) in [5.41, 5.74) is 1.11. The lowest BCUT2D eigenvalue weighted by atomic mass is 10.2. The van der Waals surface area contributed by atoms with E-state index < -0.39 is 0 Å². The summed E-state index contributed by atoms with van der Waals surface area (Å²) in [5.74, 6) is 0.242. The molecule has 2 aromatic carbocycles. The van der Waals surface area contributed by atoms with Gasteiger partial charge in [-0.1, -0.05) is 47.1 Å². The number of allylic oxidation sites excluding steroid dienone is 1. The molecule has 3 rings (SSSR count). The van der Waals surface area contributed by atoms with Crippen LogP contribution in [0.15, 0.2) is 66.3 Å². The number of benzene rings is 2. The molecular formula is C21H19Cl2N5O2S. The second-order valence-corrected chi connectivity index (χ2v) is 8.15. The van der Waals surface area contributed by atoms with Crippen molar-refractivity contribution >= 4 is 52.5 Å². The van der Waals surface area contributed by atoms with E-state index in [0.29, 0.717) is 38.8 Å². The minimum Gasteiger partial charge on any atom is -0.345 e. The Labute approximate surface area is 193 Å². The normalized spacial score (nSPS) is 10.5. The molecule has 0 atom stereocenters. The fraction of sp³-hybridized carbons (Fsp3) is 0.143. The Hall–Kier alpha value is -2.81. The highest BCUT2D eigenvalue weighted by atomic mass is 35.5. The molecule has 7 nitrogen and oxygen atoms in total. The molecule has 0 saturated carbocycles. The number of amides is 2. The quantitative estimate of drug-likeness (QED) is 0.352. The fourth-order valence-electron chi connectivity index (χ4n) is 2.62. The van der Waals surface area contributed by atoms with Crippen molar-refractivity contribution in [3.63, 3.8) is 0 Å². The van der Waals surface area contributed by atoms with Crippen molar-refractivity contribution in [3.05, 3.63) is 82.6 Å². The lowest BCUT2D eigenvalue weighted by Crippen LogP contribution is -2.24. The van der Waals surface area contributed by atoms with Crippen molar-refractivity contribution in [2.45, 2.75) is 18.2 Å². The third-order valence-corrected chi connectivity index (χ3v) is 5.51. The predicted octanol–water partition coefficient (Wildman–Crippen LogP) is 4.43. The maximum absolute atomic E-state index is 12.3. The zero-order valence-electron chi connectivity index (χ0n) is 16.3. The summed E-state index contributed by atoms with van der Waals surface area (Å²) in [4.78, 5) is 24.6. The van der Waals surface area contributed by atoms with Crippen LogP contribution in [0.5, 0.6) is 0 Å². The van der Waals surface area contributed by atoms with Crippen LogP contribution in [0.4, 0.5) is 5.69 Å². The van der Waals surface area contributed by atoms with E-state index in [-0.39, 0.29) is 24.1 Å². The molecule has 160 valence electrons. The van der Waals surface area contributed by atoms with Gasteiger partial charge in [-0.15, -0.1) is 16.8 Å². The van der Waals surface area contributed by atoms with Crippen LogP contribution in [0.1, 0.15) is 16.2 Å². The molecule has 2 N–H and O–H groups in total. The van der Waals surface area contributed by atoms with Crippen molar-refractivity contribution in [2.75, 3.05) is 11.1 Å². The molecular weight excluding hydrogens is 457 g/mol. The van der Waals surface area contributed by atoms with Gasteiger partial charge in [0.1, 0.15) is 0 Å². The Bertz CT molecular complexity index is 1090. The third-order valence-electron chi connectivity index (χ3n) is 4.06. The standard InChI is InChI=1S/C21H19Cl2N5O2S/c1-2-10-28-18(12-24-20(30)14-4-3-5-16(23)11-14)26-27-21(28)31-13-19(29)25-17-8-6-15(22)7-9-17/h2-9,11H,1,10,12-13H2,(H,24,30)(H,25,29). The number of anilines is 1. The highest BCUT2D eigenvalue weighted by Gasteiger charge is 2.15. The Morgan fingerprint density at radius 3 is 2.58 bits per heavy atom. The van der Waals surface area contributed by atoms with Crippen LogP contribution in [0, 0.1) is 0 Å². The average Bonchev–Trinajstić information content (AvgIpc) is 3.14. The number of hydrogen-bond donors (Lipinski definition) is 2. The predicted molar refractivity (Wildman–Crippen MR) is 124 cm³/mol. The molecule has 0 radical (unpaired) electrons. The second kappa shape index (κ2) is 11.0. The van der Waals surface area contributed by atoms with E-state index in [1.165, 1.54) is 11.8 Å². The molecule has 0 saturated heterocycles. The number of carbonyl (C=O) groups excluding carboxylic acids is 2. The minimum atomic E-state index is -0.271. The van der Waals surface area contributed by atoms with Gasteiger partial charge < -0.3 is 15.2 Å². The Kier molecular flexibility index (Phi) is 8.11. The highest BCUT2D eigenvalue weighted by Crippen LogP contribution is 2.19. The first kappa shape index (κ1) is 22.9. The number of rotatable bonds is 9. The van der Waals surface area contributed by atoms with Gasteiger partial charge in [0.15, 0.2) is 11.0 Å². The van der Waals surface area contributed by atoms with E-state index in [1.54, 1.807) is 59.2 Å². The highest BCUT2D eigenvalue weighted by molar-refractivity contribution is 7.99. The van der Waals surface area contributed by atoms with Crippen LogP contribution in [0.25, 0.3) is 0 Å². The zero-order chi connectivity index (χ0) is 22.2. The summed E-state index contributed by atoms with van der Waals surface area (Å²) in [7, 11) is 0. The molecule has 0 aliphatic heterocycles. The van der Waals surface area contributed by atoms with E-state index in [1.807, 2.05) is 0 Å². The summed E-state index contributed by atoms with van der Waals surface area (Å²) in [5, 5.41) is 15.5. The van der Waals surface area contributed by atoms with Crippen molar-refractivity contribution < 1.29 is 9.59 Å². The van der Waals surface area contributed by atoms with Gasteiger partial charge in [0.25, 0.3) is 5.91 Å². The molecule has 1 heterocycles. The third kappa shape index (κ3) is 6.58. The van der Waals surface area contributed by atoms with Gasteiger partial charge in [0.05, 0.1) is 12.3 Å². The van der Waals surface area contributed by atoms with Gasteiger partial charge >= 0.3 is 0 Å². The van der Waals surface area contributed by atoms with E-state index >= 15 is 0 Å². The van der Waals surface area contributed by atoms with Crippen molar-refractivity contribution in [3.8, 4) is 0 Å². The Balaban J connectivity index is 1.60. The number of thioether (sulfide) groups is 1. The van der Waals surface area contributed by atoms with Crippen molar-refractivity contribution in [1.29, 1.82) is 0 Å². The molecule has 2 amide bonds. The van der Waals surface area contributed by atoms with Crippen LogP contribution in [0.2, 0.25) is 10.0 Å². The minimum absolute atomic E-state index is 0.146. The summed E-state index contributed by atoms with van der Waals surface area (Å²) in [6, 6.07) is 13.5. The molecule has 0 aliphatic carbocycles. The molecule has 31 heavy (non-hydrogen) atoms. The lowest BCUT2D eigenvalue weighted by molar-refractivity contribution is -0.113. The second-order valence-electron chi connectivity index (χ2n) is 6.33. The van der Waals surface area contributed by atoms with E-state index in [2.05, 4.69) is 27.4 Å². The number of nitrogens with one attached hydrogen (secondary N) is 2. The van der Waals surface area contributed by atoms with Gasteiger partial charge in [-0.05, 0) is 42.5 Å². The van der Waals surface area contributed by atoms with E-state index in [4.69, 9.17) is 23.2 Å². The fourth-order valence-corrected chi connectivity index (χ4v) is 3.70. The maximum Gasteiger partial charge on any atom is 0.251 e. The summed E-state index contributed by atoms with van der Waals surface area (Å²) < 4.78 is 1.80. The monoisotopic (exact) mass is 475 g/mol. The van der Waals surface area contributed by atoms with Crippen LogP contribution < -0.4 is 10.6 Å². The lowest BCUT2D eigenvalue weighted by Gasteiger charge is -2.09. The van der Waals surface area contributed by atoms with Crippen LogP contribution in [-0.2, 0) is 17.9 Å². The smallest absolute Gasteiger partial charge is 0.251 e. The number of hydrogen-bond acceptors (Lipinski definition) is 5. The number of aromatic nitrogens is 3. The number of carbonyl (C=O) groups is 2. The van der Waals surface area contributed by atoms with Crippen LogP contribution in [-0.4, -0.2) is 32.3 Å². The summed E-state index contributed by atoms with van der Waals surface area (Å²) >= 11 is 13.0.